The maximum absolute atomic E-state index is 5.52. The fraction of sp³-hybridized carbons (Fsp3) is 1.00. The Morgan fingerprint density at radius 3 is 2.75 bits per heavy atom. The molecule has 12 heavy (non-hydrogen) atoms. The van der Waals surface area contributed by atoms with E-state index in [0.717, 1.165) is 26.1 Å². The van der Waals surface area contributed by atoms with Gasteiger partial charge >= 0.3 is 0 Å². The Morgan fingerprint density at radius 2 is 2.25 bits per heavy atom. The van der Waals surface area contributed by atoms with Crippen LogP contribution in [-0.4, -0.2) is 38.4 Å². The molecular weight excluding hydrogens is 152 g/mol. The van der Waals surface area contributed by atoms with Gasteiger partial charge in [-0.15, -0.1) is 0 Å². The van der Waals surface area contributed by atoms with E-state index in [0.29, 0.717) is 6.10 Å². The molecule has 0 bridgehead atoms. The van der Waals surface area contributed by atoms with Gasteiger partial charge < -0.3 is 15.4 Å². The van der Waals surface area contributed by atoms with Gasteiger partial charge in [0.1, 0.15) is 0 Å². The van der Waals surface area contributed by atoms with Crippen molar-refractivity contribution in [3.63, 3.8) is 0 Å². The van der Waals surface area contributed by atoms with E-state index < -0.39 is 0 Å². The highest BCUT2D eigenvalue weighted by Crippen LogP contribution is 2.24. The van der Waals surface area contributed by atoms with E-state index in [-0.39, 0.29) is 5.54 Å². The van der Waals surface area contributed by atoms with Gasteiger partial charge in [0.2, 0.25) is 0 Å². The molecule has 1 aliphatic heterocycles. The Kier molecular flexibility index (Phi) is 3.50. The summed E-state index contributed by atoms with van der Waals surface area (Å²) in [4.78, 5) is 0. The van der Waals surface area contributed by atoms with Crippen LogP contribution in [0.5, 0.6) is 0 Å². The van der Waals surface area contributed by atoms with Gasteiger partial charge in [-0.3, -0.25) is 0 Å². The first-order valence-corrected chi connectivity index (χ1v) is 4.70. The zero-order valence-electron chi connectivity index (χ0n) is 8.31. The molecule has 1 heterocycles. The molecule has 0 saturated carbocycles. The minimum absolute atomic E-state index is 0.191. The molecule has 2 atom stereocenters. The maximum Gasteiger partial charge on any atom is 0.0726 e. The fourth-order valence-electron chi connectivity index (χ4n) is 1.54. The van der Waals surface area contributed by atoms with Crippen LogP contribution < -0.4 is 10.6 Å². The summed E-state index contributed by atoms with van der Waals surface area (Å²) in [5.74, 6) is 0. The molecule has 3 nitrogen and oxygen atoms in total. The van der Waals surface area contributed by atoms with Crippen molar-refractivity contribution in [3.8, 4) is 0 Å². The molecule has 1 aliphatic rings. The summed E-state index contributed by atoms with van der Waals surface area (Å²) in [6.07, 6.45) is 1.46. The lowest BCUT2D eigenvalue weighted by Crippen LogP contribution is -2.49. The third-order valence-corrected chi connectivity index (χ3v) is 2.79. The summed E-state index contributed by atoms with van der Waals surface area (Å²) in [5.41, 5.74) is 0.191. The number of hydrogen-bond acceptors (Lipinski definition) is 3. The van der Waals surface area contributed by atoms with Crippen LogP contribution in [0, 0.1) is 0 Å². The highest BCUT2D eigenvalue weighted by Gasteiger charge is 2.35. The third kappa shape index (κ3) is 2.19. The average molecular weight is 172 g/mol. The van der Waals surface area contributed by atoms with Crippen LogP contribution in [0.15, 0.2) is 0 Å². The number of rotatable bonds is 4. The standard InChI is InChI=1S/C9H20N2O/c1-8-9(2,4-7-12-8)11-6-5-10-3/h8,10-11H,4-7H2,1-3H3. The highest BCUT2D eigenvalue weighted by atomic mass is 16.5. The van der Waals surface area contributed by atoms with Crippen molar-refractivity contribution in [2.24, 2.45) is 0 Å². The summed E-state index contributed by atoms with van der Waals surface area (Å²) in [7, 11) is 1.97. The lowest BCUT2D eigenvalue weighted by Gasteiger charge is -2.28. The fourth-order valence-corrected chi connectivity index (χ4v) is 1.54. The van der Waals surface area contributed by atoms with Crippen LogP contribution in [0.4, 0.5) is 0 Å². The molecular formula is C9H20N2O. The second kappa shape index (κ2) is 4.21. The second-order valence-electron chi connectivity index (χ2n) is 3.71. The Bertz CT molecular complexity index is 140. The first-order chi connectivity index (χ1) is 5.69. The SMILES string of the molecule is CNCCNC1(C)CCOC1C. The molecule has 0 aliphatic carbocycles. The molecule has 0 aromatic heterocycles. The Hall–Kier alpha value is -0.120. The van der Waals surface area contributed by atoms with Crippen LogP contribution in [0.3, 0.4) is 0 Å². The van der Waals surface area contributed by atoms with Crippen LogP contribution in [0.1, 0.15) is 20.3 Å². The van der Waals surface area contributed by atoms with Gasteiger partial charge in [-0.2, -0.15) is 0 Å². The topological polar surface area (TPSA) is 33.3 Å². The maximum atomic E-state index is 5.52. The predicted molar refractivity (Wildman–Crippen MR) is 50.4 cm³/mol. The van der Waals surface area contributed by atoms with Gasteiger partial charge in [0, 0.05) is 25.2 Å². The highest BCUT2D eigenvalue weighted by molar-refractivity contribution is 4.93. The Balaban J connectivity index is 2.27. The summed E-state index contributed by atoms with van der Waals surface area (Å²) in [6, 6.07) is 0. The van der Waals surface area contributed by atoms with Crippen molar-refractivity contribution in [2.45, 2.75) is 31.9 Å². The van der Waals surface area contributed by atoms with Gasteiger partial charge in [0.05, 0.1) is 6.10 Å². The van der Waals surface area contributed by atoms with E-state index in [9.17, 15) is 0 Å². The molecule has 1 rings (SSSR count). The van der Waals surface area contributed by atoms with Crippen LogP contribution in [0.25, 0.3) is 0 Å². The van der Waals surface area contributed by atoms with Crippen molar-refractivity contribution < 1.29 is 4.74 Å². The van der Waals surface area contributed by atoms with E-state index in [1.807, 2.05) is 7.05 Å². The molecule has 2 unspecified atom stereocenters. The van der Waals surface area contributed by atoms with Gasteiger partial charge in [-0.05, 0) is 27.3 Å². The predicted octanol–water partition coefficient (Wildman–Crippen LogP) is 0.363. The van der Waals surface area contributed by atoms with Crippen molar-refractivity contribution >= 4 is 0 Å². The molecule has 0 aromatic rings. The summed E-state index contributed by atoms with van der Waals surface area (Å²) >= 11 is 0. The zero-order valence-corrected chi connectivity index (χ0v) is 8.31. The summed E-state index contributed by atoms with van der Waals surface area (Å²) in [6.45, 7) is 7.30. The Labute approximate surface area is 74.9 Å². The smallest absolute Gasteiger partial charge is 0.0726 e. The molecule has 0 spiro atoms. The molecule has 0 aromatic carbocycles. The average Bonchev–Trinajstić information content (AvgIpc) is 2.34. The summed E-state index contributed by atoms with van der Waals surface area (Å²) in [5, 5.41) is 6.64. The normalized spacial score (nSPS) is 35.8. The van der Waals surface area contributed by atoms with Crippen LogP contribution >= 0.6 is 0 Å². The molecule has 1 saturated heterocycles. The third-order valence-electron chi connectivity index (χ3n) is 2.79. The van der Waals surface area contributed by atoms with Gasteiger partial charge in [0.15, 0.2) is 0 Å². The Morgan fingerprint density at radius 1 is 1.50 bits per heavy atom. The van der Waals surface area contributed by atoms with E-state index in [2.05, 4.69) is 24.5 Å². The lowest BCUT2D eigenvalue weighted by atomic mass is 9.95. The first kappa shape index (κ1) is 9.96. The van der Waals surface area contributed by atoms with Crippen molar-refractivity contribution in [1.82, 2.24) is 10.6 Å². The molecule has 0 radical (unpaired) electrons. The van der Waals surface area contributed by atoms with Crippen LogP contribution in [0.2, 0.25) is 0 Å². The quantitative estimate of drug-likeness (QED) is 0.601. The van der Waals surface area contributed by atoms with Gasteiger partial charge in [-0.1, -0.05) is 0 Å². The van der Waals surface area contributed by atoms with Crippen molar-refractivity contribution in [3.05, 3.63) is 0 Å². The molecule has 1 fully saturated rings. The minimum atomic E-state index is 0.191. The number of likely N-dealkylation sites (N-methyl/N-ethyl adjacent to an activating group) is 1. The first-order valence-electron chi connectivity index (χ1n) is 4.70. The van der Waals surface area contributed by atoms with Gasteiger partial charge in [-0.25, -0.2) is 0 Å². The second-order valence-corrected chi connectivity index (χ2v) is 3.71. The molecule has 72 valence electrons. The molecule has 3 heteroatoms. The van der Waals surface area contributed by atoms with Crippen molar-refractivity contribution in [1.29, 1.82) is 0 Å². The van der Waals surface area contributed by atoms with E-state index in [4.69, 9.17) is 4.74 Å². The number of nitrogens with one attached hydrogen (secondary N) is 2. The van der Waals surface area contributed by atoms with E-state index in [1.165, 1.54) is 0 Å². The lowest BCUT2D eigenvalue weighted by molar-refractivity contribution is 0.0890. The van der Waals surface area contributed by atoms with Crippen molar-refractivity contribution in [2.75, 3.05) is 26.7 Å². The number of hydrogen-bond donors (Lipinski definition) is 2. The largest absolute Gasteiger partial charge is 0.377 e. The van der Waals surface area contributed by atoms with E-state index in [1.54, 1.807) is 0 Å². The number of ether oxygens (including phenoxy) is 1. The molecule has 0 amide bonds. The van der Waals surface area contributed by atoms with Gasteiger partial charge in [0.25, 0.3) is 0 Å². The molecule has 2 N–H and O–H groups in total. The van der Waals surface area contributed by atoms with E-state index >= 15 is 0 Å². The minimum Gasteiger partial charge on any atom is -0.377 e. The van der Waals surface area contributed by atoms with Crippen LogP contribution in [-0.2, 0) is 4.74 Å². The summed E-state index contributed by atoms with van der Waals surface area (Å²) < 4.78 is 5.52. The monoisotopic (exact) mass is 172 g/mol. The zero-order chi connectivity index (χ0) is 9.03.